The first kappa shape index (κ1) is 18.7. The molecule has 148 valence electrons. The smallest absolute Gasteiger partial charge is 0.281 e. The van der Waals surface area contributed by atoms with Crippen molar-refractivity contribution in [3.8, 4) is 10.4 Å². The molecular weight excluding hydrogens is 442 g/mol. The lowest BCUT2D eigenvalue weighted by molar-refractivity contribution is -0.112. The Labute approximate surface area is 182 Å². The van der Waals surface area contributed by atoms with Gasteiger partial charge in [-0.3, -0.25) is 19.4 Å². The number of halogens is 1. The molecule has 5 aromatic rings. The molecule has 0 aliphatic rings. The molecule has 5 rings (SSSR count). The highest BCUT2D eigenvalue weighted by Crippen LogP contribution is 2.33. The van der Waals surface area contributed by atoms with Crippen molar-refractivity contribution in [1.82, 2.24) is 19.0 Å². The van der Waals surface area contributed by atoms with Crippen LogP contribution in [0.2, 0.25) is 5.15 Å². The van der Waals surface area contributed by atoms with E-state index in [1.165, 1.54) is 23.7 Å². The molecule has 0 saturated heterocycles. The van der Waals surface area contributed by atoms with Gasteiger partial charge in [-0.1, -0.05) is 23.7 Å². The van der Waals surface area contributed by atoms with Gasteiger partial charge in [-0.15, -0.1) is 22.7 Å². The summed E-state index contributed by atoms with van der Waals surface area (Å²) >= 11 is 9.12. The van der Waals surface area contributed by atoms with Crippen LogP contribution < -0.4 is 11.0 Å². The third kappa shape index (κ3) is 3.22. The number of aromatic nitrogens is 4. The van der Waals surface area contributed by atoms with Gasteiger partial charge in [-0.25, -0.2) is 14.6 Å². The topological polar surface area (TPSA) is 81.3 Å². The third-order valence-corrected chi connectivity index (χ3v) is 6.49. The molecule has 0 aliphatic heterocycles. The van der Waals surface area contributed by atoms with Gasteiger partial charge in [0.25, 0.3) is 11.5 Å². The van der Waals surface area contributed by atoms with Crippen molar-refractivity contribution in [1.29, 1.82) is 0 Å². The van der Waals surface area contributed by atoms with E-state index < -0.39 is 5.91 Å². The summed E-state index contributed by atoms with van der Waals surface area (Å²) in [5.74, 6) is -0.492. The van der Waals surface area contributed by atoms with Gasteiger partial charge in [0.2, 0.25) is 0 Å². The van der Waals surface area contributed by atoms with E-state index >= 15 is 0 Å². The van der Waals surface area contributed by atoms with E-state index in [2.05, 4.69) is 15.4 Å². The molecule has 0 aliphatic carbocycles. The first-order valence-electron chi connectivity index (χ1n) is 8.76. The predicted octanol–water partition coefficient (Wildman–Crippen LogP) is 4.27. The molecule has 0 aromatic carbocycles. The summed E-state index contributed by atoms with van der Waals surface area (Å²) in [6, 6.07) is 9.38. The molecule has 7 nitrogen and oxygen atoms in total. The summed E-state index contributed by atoms with van der Waals surface area (Å²) < 4.78 is 2.86. The minimum Gasteiger partial charge on any atom is -0.299 e. The lowest BCUT2D eigenvalue weighted by Crippen LogP contribution is -2.32. The average molecular weight is 454 g/mol. The van der Waals surface area contributed by atoms with E-state index in [0.29, 0.717) is 21.6 Å². The Morgan fingerprint density at radius 3 is 2.93 bits per heavy atom. The molecule has 0 unspecified atom stereocenters. The van der Waals surface area contributed by atoms with E-state index in [1.54, 1.807) is 28.0 Å². The molecule has 1 N–H and O–H groups in total. The molecule has 0 saturated carbocycles. The van der Waals surface area contributed by atoms with Crippen molar-refractivity contribution >= 4 is 62.1 Å². The maximum atomic E-state index is 13.0. The van der Waals surface area contributed by atoms with Crippen molar-refractivity contribution in [2.24, 2.45) is 0 Å². The molecule has 5 aromatic heterocycles. The fourth-order valence-corrected chi connectivity index (χ4v) is 5.03. The Morgan fingerprint density at radius 2 is 2.10 bits per heavy atom. The zero-order chi connectivity index (χ0) is 20.7. The Morgan fingerprint density at radius 1 is 1.20 bits per heavy atom. The number of nitrogens with zero attached hydrogens (tertiary/aromatic N) is 4. The normalized spacial score (nSPS) is 11.6. The van der Waals surface area contributed by atoms with Crippen LogP contribution in [0, 0.1) is 0 Å². The van der Waals surface area contributed by atoms with Gasteiger partial charge in [-0.2, -0.15) is 0 Å². The summed E-state index contributed by atoms with van der Waals surface area (Å²) in [6.45, 7) is 0. The molecule has 10 heteroatoms. The van der Waals surface area contributed by atoms with Crippen molar-refractivity contribution in [2.75, 3.05) is 5.43 Å². The number of pyridine rings is 1. The maximum absolute atomic E-state index is 13.0. The maximum Gasteiger partial charge on any atom is 0.281 e. The lowest BCUT2D eigenvalue weighted by atomic mass is 10.2. The highest BCUT2D eigenvalue weighted by Gasteiger charge is 2.14. The number of rotatable bonds is 4. The summed E-state index contributed by atoms with van der Waals surface area (Å²) in [5.41, 5.74) is 4.27. The van der Waals surface area contributed by atoms with Gasteiger partial charge >= 0.3 is 0 Å². The fourth-order valence-electron chi connectivity index (χ4n) is 3.07. The molecule has 30 heavy (non-hydrogen) atoms. The Balaban J connectivity index is 1.45. The van der Waals surface area contributed by atoms with E-state index in [4.69, 9.17) is 11.6 Å². The van der Waals surface area contributed by atoms with Crippen LogP contribution in [0.3, 0.4) is 0 Å². The standard InChI is InChI=1S/C20H12ClN5O2S2/c21-18-13(25-8-2-1-5-15(25)23-18)6-7-16(27)24-26-11-22-19-17(20(26)28)12(10-30-19)14-4-3-9-29-14/h1-11H,(H,24,27)/b7-6+. The van der Waals surface area contributed by atoms with Crippen LogP contribution in [-0.4, -0.2) is 25.0 Å². The van der Waals surface area contributed by atoms with Gasteiger partial charge in [0.15, 0.2) is 5.15 Å². The molecule has 5 heterocycles. The lowest BCUT2D eigenvalue weighted by Gasteiger charge is -2.05. The second-order valence-electron chi connectivity index (χ2n) is 6.25. The highest BCUT2D eigenvalue weighted by atomic mass is 35.5. The minimum atomic E-state index is -0.492. The number of carbonyl (C=O) groups is 1. The molecule has 1 amide bonds. The highest BCUT2D eigenvalue weighted by molar-refractivity contribution is 7.18. The Kier molecular flexibility index (Phi) is 4.70. The largest absolute Gasteiger partial charge is 0.299 e. The monoisotopic (exact) mass is 453 g/mol. The van der Waals surface area contributed by atoms with Gasteiger partial charge in [0, 0.05) is 28.1 Å². The molecule has 0 atom stereocenters. The van der Waals surface area contributed by atoms with Crippen molar-refractivity contribution < 1.29 is 4.79 Å². The SMILES string of the molecule is O=C(/C=C/c1c(Cl)nc2ccccn12)Nn1cnc2scc(-c3cccs3)c2c1=O. The van der Waals surface area contributed by atoms with Crippen molar-refractivity contribution in [2.45, 2.75) is 0 Å². The number of thiophene rings is 2. The van der Waals surface area contributed by atoms with Gasteiger partial charge in [-0.05, 0) is 29.7 Å². The Bertz CT molecular complexity index is 1480. The molecule has 0 fully saturated rings. The summed E-state index contributed by atoms with van der Waals surface area (Å²) in [7, 11) is 0. The van der Waals surface area contributed by atoms with Crippen LogP contribution >= 0.6 is 34.3 Å². The summed E-state index contributed by atoms with van der Waals surface area (Å²) in [5, 5.41) is 4.62. The number of carbonyl (C=O) groups excluding carboxylic acids is 1. The van der Waals surface area contributed by atoms with E-state index in [9.17, 15) is 9.59 Å². The summed E-state index contributed by atoms with van der Waals surface area (Å²) in [6.07, 6.45) is 5.96. The summed E-state index contributed by atoms with van der Waals surface area (Å²) in [4.78, 5) is 35.5. The van der Waals surface area contributed by atoms with E-state index in [0.717, 1.165) is 15.1 Å². The first-order valence-corrected chi connectivity index (χ1v) is 10.9. The van der Waals surface area contributed by atoms with Crippen LogP contribution in [0.5, 0.6) is 0 Å². The van der Waals surface area contributed by atoms with Crippen LogP contribution in [0.4, 0.5) is 0 Å². The van der Waals surface area contributed by atoms with Crippen LogP contribution in [0.1, 0.15) is 5.69 Å². The first-order chi connectivity index (χ1) is 14.6. The van der Waals surface area contributed by atoms with Gasteiger partial charge in [0.05, 0.1) is 11.1 Å². The molecule has 0 spiro atoms. The van der Waals surface area contributed by atoms with Gasteiger partial charge in [0.1, 0.15) is 16.8 Å². The molecule has 0 bridgehead atoms. The van der Waals surface area contributed by atoms with E-state index in [1.807, 2.05) is 41.1 Å². The van der Waals surface area contributed by atoms with Crippen LogP contribution in [-0.2, 0) is 4.79 Å². The number of hydrogen-bond donors (Lipinski definition) is 1. The number of amides is 1. The quantitative estimate of drug-likeness (QED) is 0.412. The number of fused-ring (bicyclic) bond motifs is 2. The van der Waals surface area contributed by atoms with Crippen molar-refractivity contribution in [3.63, 3.8) is 0 Å². The molecular formula is C20H12ClN5O2S2. The third-order valence-electron chi connectivity index (χ3n) is 4.43. The van der Waals surface area contributed by atoms with Crippen LogP contribution in [0.15, 0.2) is 64.5 Å². The van der Waals surface area contributed by atoms with E-state index in [-0.39, 0.29) is 10.7 Å². The second kappa shape index (κ2) is 7.52. The van der Waals surface area contributed by atoms with Gasteiger partial charge < -0.3 is 0 Å². The Hall–Kier alpha value is -3.27. The van der Waals surface area contributed by atoms with Crippen molar-refractivity contribution in [3.05, 3.63) is 80.9 Å². The average Bonchev–Trinajstić information content (AvgIpc) is 3.46. The van der Waals surface area contributed by atoms with Crippen LogP contribution in [0.25, 0.3) is 32.4 Å². The minimum absolute atomic E-state index is 0.282. The zero-order valence-electron chi connectivity index (χ0n) is 15.2. The predicted molar refractivity (Wildman–Crippen MR) is 121 cm³/mol. The zero-order valence-corrected chi connectivity index (χ0v) is 17.5. The number of hydrogen-bond acceptors (Lipinski definition) is 6. The fraction of sp³-hybridized carbons (Fsp3) is 0. The number of nitrogens with one attached hydrogen (secondary N) is 1. The second-order valence-corrected chi connectivity index (χ2v) is 8.42. The number of imidazole rings is 1. The molecule has 0 radical (unpaired) electrons.